The van der Waals surface area contributed by atoms with Crippen LogP contribution in [0.25, 0.3) is 10.8 Å². The first-order valence-corrected chi connectivity index (χ1v) is 7.23. The highest BCUT2D eigenvalue weighted by atomic mass is 15.0. The third kappa shape index (κ3) is 2.35. The Bertz CT molecular complexity index is 657. The Labute approximate surface area is 119 Å². The van der Waals surface area contributed by atoms with E-state index >= 15 is 0 Å². The molecule has 102 valence electrons. The van der Waals surface area contributed by atoms with Gasteiger partial charge in [-0.2, -0.15) is 5.26 Å². The molecule has 0 bridgehead atoms. The topological polar surface area (TPSA) is 61.8 Å². The molecule has 0 saturated heterocycles. The fourth-order valence-electron chi connectivity index (χ4n) is 3.06. The van der Waals surface area contributed by atoms with Crippen molar-refractivity contribution in [1.82, 2.24) is 0 Å². The Hall–Kier alpha value is -2.05. The van der Waals surface area contributed by atoms with Gasteiger partial charge in [-0.3, -0.25) is 0 Å². The number of nitrogens with two attached hydrogens (primary N) is 1. The van der Waals surface area contributed by atoms with Crippen molar-refractivity contribution in [2.45, 2.75) is 37.8 Å². The van der Waals surface area contributed by atoms with E-state index in [0.717, 1.165) is 34.9 Å². The van der Waals surface area contributed by atoms with Crippen LogP contribution in [0.15, 0.2) is 36.4 Å². The first-order chi connectivity index (χ1) is 9.79. The number of fused-ring (bicyclic) bond motifs is 1. The third-order valence-corrected chi connectivity index (χ3v) is 4.20. The fraction of sp³-hybridized carbons (Fsp3) is 0.353. The number of hydrogen-bond acceptors (Lipinski definition) is 3. The monoisotopic (exact) mass is 265 g/mol. The molecule has 0 spiro atoms. The molecule has 3 heteroatoms. The van der Waals surface area contributed by atoms with Crippen LogP contribution in [0.3, 0.4) is 0 Å². The van der Waals surface area contributed by atoms with E-state index in [1.54, 1.807) is 0 Å². The predicted octanol–water partition coefficient (Wildman–Crippen LogP) is 3.39. The Morgan fingerprint density at radius 3 is 2.55 bits per heavy atom. The van der Waals surface area contributed by atoms with Crippen LogP contribution in [0, 0.1) is 11.3 Å². The van der Waals surface area contributed by atoms with Gasteiger partial charge >= 0.3 is 0 Å². The van der Waals surface area contributed by atoms with Crippen LogP contribution < -0.4 is 11.1 Å². The summed E-state index contributed by atoms with van der Waals surface area (Å²) in [5, 5.41) is 14.9. The molecule has 0 unspecified atom stereocenters. The van der Waals surface area contributed by atoms with E-state index in [1.165, 1.54) is 12.8 Å². The average molecular weight is 265 g/mol. The molecule has 2 aromatic carbocycles. The van der Waals surface area contributed by atoms with Gasteiger partial charge in [-0.05, 0) is 25.0 Å². The highest BCUT2D eigenvalue weighted by Gasteiger charge is 2.22. The second kappa shape index (κ2) is 5.52. The molecule has 1 aliphatic carbocycles. The molecular formula is C17H19N3. The van der Waals surface area contributed by atoms with Gasteiger partial charge in [0, 0.05) is 28.5 Å². The molecule has 0 radical (unpaired) electrons. The molecule has 0 aliphatic heterocycles. The largest absolute Gasteiger partial charge is 0.380 e. The third-order valence-electron chi connectivity index (χ3n) is 4.20. The summed E-state index contributed by atoms with van der Waals surface area (Å²) in [7, 11) is 0. The second-order valence-corrected chi connectivity index (χ2v) is 5.52. The maximum absolute atomic E-state index is 9.20. The number of rotatable bonds is 2. The van der Waals surface area contributed by atoms with E-state index in [-0.39, 0.29) is 6.04 Å². The van der Waals surface area contributed by atoms with Crippen LogP contribution in [-0.4, -0.2) is 12.1 Å². The van der Waals surface area contributed by atoms with Crippen molar-refractivity contribution in [2.75, 3.05) is 5.32 Å². The molecule has 1 saturated carbocycles. The minimum Gasteiger partial charge on any atom is -0.380 e. The van der Waals surface area contributed by atoms with E-state index in [4.69, 9.17) is 5.73 Å². The summed E-state index contributed by atoms with van der Waals surface area (Å²) in [4.78, 5) is 0. The molecule has 1 aliphatic rings. The van der Waals surface area contributed by atoms with Crippen molar-refractivity contribution < 1.29 is 0 Å². The quantitative estimate of drug-likeness (QED) is 0.875. The van der Waals surface area contributed by atoms with Crippen LogP contribution >= 0.6 is 0 Å². The zero-order chi connectivity index (χ0) is 13.9. The van der Waals surface area contributed by atoms with Crippen LogP contribution in [0.5, 0.6) is 0 Å². The number of benzene rings is 2. The molecule has 3 N–H and O–H groups in total. The lowest BCUT2D eigenvalue weighted by atomic mass is 9.90. The molecule has 3 nitrogen and oxygen atoms in total. The van der Waals surface area contributed by atoms with Crippen molar-refractivity contribution in [3.63, 3.8) is 0 Å². The average Bonchev–Trinajstić information content (AvgIpc) is 2.50. The minimum absolute atomic E-state index is 0.221. The first kappa shape index (κ1) is 13.0. The summed E-state index contributed by atoms with van der Waals surface area (Å²) >= 11 is 0. The lowest BCUT2D eigenvalue weighted by molar-refractivity contribution is 0.404. The molecule has 0 amide bonds. The van der Waals surface area contributed by atoms with Gasteiger partial charge in [0.25, 0.3) is 0 Å². The Balaban J connectivity index is 1.98. The summed E-state index contributed by atoms with van der Waals surface area (Å²) in [6.45, 7) is 0. The summed E-state index contributed by atoms with van der Waals surface area (Å²) in [5.74, 6) is 0. The van der Waals surface area contributed by atoms with E-state index < -0.39 is 0 Å². The molecule has 2 aromatic rings. The summed E-state index contributed by atoms with van der Waals surface area (Å²) in [6, 6.07) is 14.7. The van der Waals surface area contributed by atoms with Crippen molar-refractivity contribution in [1.29, 1.82) is 5.26 Å². The smallest absolute Gasteiger partial charge is 0.0998 e. The number of hydrogen-bond donors (Lipinski definition) is 2. The van der Waals surface area contributed by atoms with E-state index in [1.807, 2.05) is 30.3 Å². The Kier molecular flexibility index (Phi) is 3.58. The maximum atomic E-state index is 9.20. The van der Waals surface area contributed by atoms with Gasteiger partial charge in [-0.15, -0.1) is 0 Å². The standard InChI is InChI=1S/C17H19N3/c18-11-12-9-10-16(14-6-2-1-5-13(12)14)20-17-8-4-3-7-15(17)19/h1-2,5-6,9-10,15,17,20H,3-4,7-8,19H2/t15-,17-/m1/s1. The molecule has 0 aromatic heterocycles. The van der Waals surface area contributed by atoms with Crippen LogP contribution in [0.4, 0.5) is 5.69 Å². The Morgan fingerprint density at radius 1 is 1.05 bits per heavy atom. The van der Waals surface area contributed by atoms with Gasteiger partial charge in [0.2, 0.25) is 0 Å². The molecule has 2 atom stereocenters. The number of anilines is 1. The normalized spacial score (nSPS) is 22.4. The van der Waals surface area contributed by atoms with Gasteiger partial charge < -0.3 is 11.1 Å². The van der Waals surface area contributed by atoms with Crippen molar-refractivity contribution in [3.05, 3.63) is 42.0 Å². The van der Waals surface area contributed by atoms with Gasteiger partial charge in [-0.25, -0.2) is 0 Å². The molecule has 1 fully saturated rings. The zero-order valence-corrected chi connectivity index (χ0v) is 11.5. The van der Waals surface area contributed by atoms with Crippen molar-refractivity contribution in [2.24, 2.45) is 5.73 Å². The highest BCUT2D eigenvalue weighted by Crippen LogP contribution is 2.29. The zero-order valence-electron chi connectivity index (χ0n) is 11.5. The Morgan fingerprint density at radius 2 is 1.80 bits per heavy atom. The van der Waals surface area contributed by atoms with Crippen molar-refractivity contribution >= 4 is 16.5 Å². The molecule has 0 heterocycles. The van der Waals surface area contributed by atoms with Gasteiger partial charge in [0.05, 0.1) is 11.6 Å². The van der Waals surface area contributed by atoms with Gasteiger partial charge in [0.15, 0.2) is 0 Å². The minimum atomic E-state index is 0.221. The van der Waals surface area contributed by atoms with Crippen molar-refractivity contribution in [3.8, 4) is 6.07 Å². The number of nitrogens with one attached hydrogen (secondary N) is 1. The van der Waals surface area contributed by atoms with Crippen LogP contribution in [-0.2, 0) is 0 Å². The number of nitriles is 1. The lowest BCUT2D eigenvalue weighted by Gasteiger charge is -2.30. The second-order valence-electron chi connectivity index (χ2n) is 5.52. The summed E-state index contributed by atoms with van der Waals surface area (Å²) < 4.78 is 0. The predicted molar refractivity (Wildman–Crippen MR) is 82.5 cm³/mol. The van der Waals surface area contributed by atoms with E-state index in [9.17, 15) is 5.26 Å². The van der Waals surface area contributed by atoms with Gasteiger partial charge in [0.1, 0.15) is 0 Å². The SMILES string of the molecule is N#Cc1ccc(N[C@@H]2CCCC[C@H]2N)c2ccccc12. The van der Waals surface area contributed by atoms with E-state index in [2.05, 4.69) is 17.5 Å². The maximum Gasteiger partial charge on any atom is 0.0998 e. The highest BCUT2D eigenvalue weighted by molar-refractivity contribution is 5.97. The van der Waals surface area contributed by atoms with Gasteiger partial charge in [-0.1, -0.05) is 37.1 Å². The van der Waals surface area contributed by atoms with Crippen LogP contribution in [0.1, 0.15) is 31.2 Å². The molecular weight excluding hydrogens is 246 g/mol. The number of nitrogens with zero attached hydrogens (tertiary/aromatic N) is 1. The fourth-order valence-corrected chi connectivity index (χ4v) is 3.06. The summed E-state index contributed by atoms with van der Waals surface area (Å²) in [5.41, 5.74) is 8.02. The van der Waals surface area contributed by atoms with Crippen LogP contribution in [0.2, 0.25) is 0 Å². The van der Waals surface area contributed by atoms with E-state index in [0.29, 0.717) is 6.04 Å². The summed E-state index contributed by atoms with van der Waals surface area (Å²) in [6.07, 6.45) is 4.68. The first-order valence-electron chi connectivity index (χ1n) is 7.23. The molecule has 20 heavy (non-hydrogen) atoms. The lowest BCUT2D eigenvalue weighted by Crippen LogP contribution is -2.42. The molecule has 3 rings (SSSR count).